The second kappa shape index (κ2) is 2.47. The van der Waals surface area contributed by atoms with Crippen molar-refractivity contribution >= 4 is 5.78 Å². The van der Waals surface area contributed by atoms with E-state index in [9.17, 15) is 9.90 Å². The van der Waals surface area contributed by atoms with E-state index in [2.05, 4.69) is 6.58 Å². The Labute approximate surface area is 65.5 Å². The summed E-state index contributed by atoms with van der Waals surface area (Å²) < 4.78 is 0. The van der Waals surface area contributed by atoms with Gasteiger partial charge in [-0.2, -0.15) is 0 Å². The molecule has 2 heteroatoms. The van der Waals surface area contributed by atoms with Crippen LogP contribution in [0.5, 0.6) is 0 Å². The molecule has 0 heterocycles. The molecular formula is C9H10O2. The minimum Gasteiger partial charge on any atom is -0.378 e. The fourth-order valence-corrected chi connectivity index (χ4v) is 0.814. The first-order valence-corrected chi connectivity index (χ1v) is 3.35. The second-order valence-electron chi connectivity index (χ2n) is 2.67. The van der Waals surface area contributed by atoms with Crippen LogP contribution in [0.3, 0.4) is 0 Å². The van der Waals surface area contributed by atoms with Crippen molar-refractivity contribution < 1.29 is 9.90 Å². The molecule has 0 radical (unpaired) electrons. The fraction of sp³-hybridized carbons (Fsp3) is 0.222. The quantitative estimate of drug-likeness (QED) is 0.566. The Kier molecular flexibility index (Phi) is 1.79. The number of aliphatic hydroxyl groups is 1. The van der Waals surface area contributed by atoms with E-state index in [1.165, 1.54) is 24.3 Å². The van der Waals surface area contributed by atoms with Crippen molar-refractivity contribution in [3.05, 3.63) is 36.5 Å². The van der Waals surface area contributed by atoms with Crippen molar-refractivity contribution in [2.24, 2.45) is 0 Å². The number of allylic oxidation sites excluding steroid dienone is 2. The zero-order valence-corrected chi connectivity index (χ0v) is 6.37. The summed E-state index contributed by atoms with van der Waals surface area (Å²) in [4.78, 5) is 10.7. The molecule has 1 rings (SSSR count). The Morgan fingerprint density at radius 1 is 1.55 bits per heavy atom. The molecule has 11 heavy (non-hydrogen) atoms. The highest BCUT2D eigenvalue weighted by molar-refractivity contribution is 6.00. The predicted molar refractivity (Wildman–Crippen MR) is 43.1 cm³/mol. The third-order valence-electron chi connectivity index (χ3n) is 1.69. The third-order valence-corrected chi connectivity index (χ3v) is 1.69. The minimum atomic E-state index is -1.12. The van der Waals surface area contributed by atoms with Crippen LogP contribution in [0, 0.1) is 0 Å². The van der Waals surface area contributed by atoms with Crippen LogP contribution in [0.2, 0.25) is 0 Å². The summed E-state index contributed by atoms with van der Waals surface area (Å²) in [6, 6.07) is 0. The topological polar surface area (TPSA) is 37.3 Å². The number of carbonyl (C=O) groups is 1. The van der Waals surface area contributed by atoms with Crippen LogP contribution < -0.4 is 0 Å². The van der Waals surface area contributed by atoms with E-state index in [4.69, 9.17) is 0 Å². The zero-order valence-electron chi connectivity index (χ0n) is 6.37. The van der Waals surface area contributed by atoms with Gasteiger partial charge < -0.3 is 5.11 Å². The summed E-state index contributed by atoms with van der Waals surface area (Å²) in [7, 11) is 0. The Balaban J connectivity index is 2.94. The molecule has 0 saturated carbocycles. The van der Waals surface area contributed by atoms with Gasteiger partial charge in [-0.3, -0.25) is 4.79 Å². The smallest absolute Gasteiger partial charge is 0.178 e. The molecule has 1 N–H and O–H groups in total. The molecule has 1 aliphatic carbocycles. The van der Waals surface area contributed by atoms with Crippen molar-refractivity contribution in [1.82, 2.24) is 0 Å². The Morgan fingerprint density at radius 3 is 2.36 bits per heavy atom. The average molecular weight is 150 g/mol. The monoisotopic (exact) mass is 150 g/mol. The van der Waals surface area contributed by atoms with Gasteiger partial charge in [0.1, 0.15) is 5.60 Å². The molecule has 0 fully saturated rings. The first-order valence-electron chi connectivity index (χ1n) is 3.35. The van der Waals surface area contributed by atoms with Crippen molar-refractivity contribution in [2.75, 3.05) is 0 Å². The lowest BCUT2D eigenvalue weighted by molar-refractivity contribution is -0.110. The van der Waals surface area contributed by atoms with Crippen molar-refractivity contribution in [3.8, 4) is 0 Å². The summed E-state index contributed by atoms with van der Waals surface area (Å²) in [6.07, 6.45) is 5.57. The molecular weight excluding hydrogens is 140 g/mol. The molecule has 1 aliphatic rings. The van der Waals surface area contributed by atoms with Crippen molar-refractivity contribution in [3.63, 3.8) is 0 Å². The standard InChI is InChI=1S/C9H10O2/c1-7(2)9(11)5-3-8(10)4-6-9/h3-6,11H,1H2,2H3. The van der Waals surface area contributed by atoms with Gasteiger partial charge in [-0.25, -0.2) is 0 Å². The van der Waals surface area contributed by atoms with E-state index in [-0.39, 0.29) is 5.78 Å². The van der Waals surface area contributed by atoms with E-state index in [0.29, 0.717) is 5.57 Å². The average Bonchev–Trinajstić information content (AvgIpc) is 1.95. The van der Waals surface area contributed by atoms with Crippen LogP contribution in [-0.4, -0.2) is 16.5 Å². The van der Waals surface area contributed by atoms with Crippen LogP contribution in [0.25, 0.3) is 0 Å². The van der Waals surface area contributed by atoms with Gasteiger partial charge in [-0.05, 0) is 36.8 Å². The van der Waals surface area contributed by atoms with E-state index >= 15 is 0 Å². The molecule has 0 atom stereocenters. The first-order chi connectivity index (χ1) is 5.04. The summed E-state index contributed by atoms with van der Waals surface area (Å²) in [5.74, 6) is -0.101. The van der Waals surface area contributed by atoms with Crippen LogP contribution in [-0.2, 0) is 4.79 Å². The SMILES string of the molecule is C=C(C)C1(O)C=CC(=O)C=C1. The predicted octanol–water partition coefficient (Wildman–Crippen LogP) is 0.989. The molecule has 0 amide bonds. The molecule has 0 unspecified atom stereocenters. The van der Waals surface area contributed by atoms with E-state index in [0.717, 1.165) is 0 Å². The molecule has 2 nitrogen and oxygen atoms in total. The van der Waals surface area contributed by atoms with Gasteiger partial charge in [0.05, 0.1) is 0 Å². The molecule has 0 aliphatic heterocycles. The van der Waals surface area contributed by atoms with Crippen LogP contribution in [0.4, 0.5) is 0 Å². The lowest BCUT2D eigenvalue weighted by atomic mass is 9.91. The van der Waals surface area contributed by atoms with Gasteiger partial charge in [-0.1, -0.05) is 6.58 Å². The summed E-state index contributed by atoms with van der Waals surface area (Å²) in [5, 5.41) is 9.64. The normalized spacial score (nSPS) is 20.4. The maximum Gasteiger partial charge on any atom is 0.178 e. The molecule has 0 saturated heterocycles. The molecule has 0 aromatic heterocycles. The molecule has 0 aromatic rings. The number of hydrogen-bond donors (Lipinski definition) is 1. The Hall–Kier alpha value is -1.15. The maximum atomic E-state index is 10.7. The zero-order chi connectivity index (χ0) is 8.48. The molecule has 0 bridgehead atoms. The number of ketones is 1. The van der Waals surface area contributed by atoms with E-state index < -0.39 is 5.60 Å². The summed E-state index contributed by atoms with van der Waals surface area (Å²) in [5.41, 5.74) is -0.508. The molecule has 58 valence electrons. The largest absolute Gasteiger partial charge is 0.378 e. The summed E-state index contributed by atoms with van der Waals surface area (Å²) >= 11 is 0. The Bertz CT molecular complexity index is 243. The van der Waals surface area contributed by atoms with Gasteiger partial charge in [0.25, 0.3) is 0 Å². The highest BCUT2D eigenvalue weighted by Crippen LogP contribution is 2.20. The van der Waals surface area contributed by atoms with E-state index in [1.807, 2.05) is 0 Å². The van der Waals surface area contributed by atoms with E-state index in [1.54, 1.807) is 6.92 Å². The number of carbonyl (C=O) groups excluding carboxylic acids is 1. The van der Waals surface area contributed by atoms with Gasteiger partial charge >= 0.3 is 0 Å². The van der Waals surface area contributed by atoms with Crippen LogP contribution in [0.15, 0.2) is 36.5 Å². The lowest BCUT2D eigenvalue weighted by Gasteiger charge is -2.22. The van der Waals surface area contributed by atoms with Gasteiger partial charge in [0.2, 0.25) is 0 Å². The Morgan fingerprint density at radius 2 is 2.00 bits per heavy atom. The highest BCUT2D eigenvalue weighted by atomic mass is 16.3. The summed E-state index contributed by atoms with van der Waals surface area (Å²) in [6.45, 7) is 5.32. The molecule has 0 aromatic carbocycles. The van der Waals surface area contributed by atoms with Crippen LogP contribution in [0.1, 0.15) is 6.92 Å². The van der Waals surface area contributed by atoms with Gasteiger partial charge in [0.15, 0.2) is 5.78 Å². The number of rotatable bonds is 1. The third kappa shape index (κ3) is 1.46. The molecule has 0 spiro atoms. The second-order valence-corrected chi connectivity index (χ2v) is 2.67. The number of hydrogen-bond acceptors (Lipinski definition) is 2. The first kappa shape index (κ1) is 7.95. The minimum absolute atomic E-state index is 0.101. The van der Waals surface area contributed by atoms with Crippen molar-refractivity contribution in [1.29, 1.82) is 0 Å². The highest BCUT2D eigenvalue weighted by Gasteiger charge is 2.23. The van der Waals surface area contributed by atoms with Crippen LogP contribution >= 0.6 is 0 Å². The van der Waals surface area contributed by atoms with Gasteiger partial charge in [0, 0.05) is 0 Å². The fourth-order valence-electron chi connectivity index (χ4n) is 0.814. The lowest BCUT2D eigenvalue weighted by Crippen LogP contribution is -2.26. The maximum absolute atomic E-state index is 10.7. The van der Waals surface area contributed by atoms with Crippen molar-refractivity contribution in [2.45, 2.75) is 12.5 Å². The van der Waals surface area contributed by atoms with Gasteiger partial charge in [-0.15, -0.1) is 0 Å².